The van der Waals surface area contributed by atoms with Crippen molar-refractivity contribution in [1.82, 2.24) is 5.32 Å². The number of Topliss-reactive ketones (excluding diaryl/α,β-unsaturated/α-hetero) is 1. The number of hydrogen-bond acceptors (Lipinski definition) is 2. The van der Waals surface area contributed by atoms with Gasteiger partial charge in [0.25, 0.3) is 0 Å². The van der Waals surface area contributed by atoms with E-state index in [0.29, 0.717) is 24.4 Å². The van der Waals surface area contributed by atoms with Crippen LogP contribution in [0, 0.1) is 5.92 Å². The average Bonchev–Trinajstić information content (AvgIpc) is 1.83. The zero-order valence-electron chi connectivity index (χ0n) is 8.85. The Bertz CT molecular complexity index is 141. The fourth-order valence-corrected chi connectivity index (χ4v) is 1.22. The Morgan fingerprint density at radius 2 is 1.75 bits per heavy atom. The lowest BCUT2D eigenvalue weighted by Gasteiger charge is -2.23. The van der Waals surface area contributed by atoms with Gasteiger partial charge in [-0.25, -0.2) is 0 Å². The number of carbonyl (C=O) groups excluding carboxylic acids is 1. The molecule has 0 aliphatic rings. The molecule has 0 aromatic rings. The van der Waals surface area contributed by atoms with Gasteiger partial charge in [-0.3, -0.25) is 4.79 Å². The van der Waals surface area contributed by atoms with Crippen molar-refractivity contribution in [2.45, 2.75) is 53.1 Å². The molecule has 2 heteroatoms. The van der Waals surface area contributed by atoms with Crippen LogP contribution in [0.15, 0.2) is 0 Å². The summed E-state index contributed by atoms with van der Waals surface area (Å²) in [5.74, 6) is 0.790. The molecule has 0 bridgehead atoms. The largest absolute Gasteiger partial charge is 0.311 e. The summed E-state index contributed by atoms with van der Waals surface area (Å²) in [5.41, 5.74) is 0. The topological polar surface area (TPSA) is 29.1 Å². The van der Waals surface area contributed by atoms with Crippen molar-refractivity contribution in [2.75, 3.05) is 0 Å². The minimum absolute atomic E-state index is 0.266. The molecule has 1 atom stereocenters. The molecule has 0 radical (unpaired) electrons. The van der Waals surface area contributed by atoms with Crippen LogP contribution in [0.2, 0.25) is 0 Å². The van der Waals surface area contributed by atoms with E-state index < -0.39 is 0 Å². The molecule has 0 rings (SSSR count). The van der Waals surface area contributed by atoms with Gasteiger partial charge in [-0.15, -0.1) is 0 Å². The number of ketones is 1. The van der Waals surface area contributed by atoms with Crippen LogP contribution in [0.5, 0.6) is 0 Å². The Balaban J connectivity index is 3.95. The van der Waals surface area contributed by atoms with Gasteiger partial charge in [0.05, 0.1) is 0 Å². The van der Waals surface area contributed by atoms with E-state index in [2.05, 4.69) is 33.0 Å². The molecule has 0 aliphatic carbocycles. The van der Waals surface area contributed by atoms with Crippen LogP contribution in [0.25, 0.3) is 0 Å². The second kappa shape index (κ2) is 5.31. The van der Waals surface area contributed by atoms with Crippen LogP contribution in [0.3, 0.4) is 0 Å². The van der Waals surface area contributed by atoms with Gasteiger partial charge in [0.1, 0.15) is 5.78 Å². The SMILES string of the molecule is CC(=O)CC(NC(C)C)C(C)C. The van der Waals surface area contributed by atoms with Crippen LogP contribution < -0.4 is 5.32 Å². The molecule has 0 spiro atoms. The Morgan fingerprint density at radius 1 is 1.25 bits per heavy atom. The smallest absolute Gasteiger partial charge is 0.131 e. The fraction of sp³-hybridized carbons (Fsp3) is 0.900. The van der Waals surface area contributed by atoms with Crippen molar-refractivity contribution < 1.29 is 4.79 Å². The standard InChI is InChI=1S/C10H21NO/c1-7(2)10(6-9(5)12)11-8(3)4/h7-8,10-11H,6H2,1-5H3. The molecule has 12 heavy (non-hydrogen) atoms. The molecule has 1 unspecified atom stereocenters. The maximum absolute atomic E-state index is 10.9. The Labute approximate surface area is 75.7 Å². The third kappa shape index (κ3) is 5.30. The maximum Gasteiger partial charge on any atom is 0.131 e. The molecular weight excluding hydrogens is 150 g/mol. The van der Waals surface area contributed by atoms with Crippen LogP contribution in [-0.2, 0) is 4.79 Å². The van der Waals surface area contributed by atoms with E-state index in [1.807, 2.05) is 0 Å². The minimum atomic E-state index is 0.266. The summed E-state index contributed by atoms with van der Waals surface area (Å²) in [6.07, 6.45) is 0.649. The van der Waals surface area contributed by atoms with Crippen LogP contribution >= 0.6 is 0 Å². The predicted octanol–water partition coefficient (Wildman–Crippen LogP) is 1.99. The average molecular weight is 171 g/mol. The van der Waals surface area contributed by atoms with Crippen molar-refractivity contribution >= 4 is 5.78 Å². The van der Waals surface area contributed by atoms with Crippen molar-refractivity contribution in [3.63, 3.8) is 0 Å². The highest BCUT2D eigenvalue weighted by atomic mass is 16.1. The second-order valence-corrected chi connectivity index (χ2v) is 4.08. The zero-order valence-corrected chi connectivity index (χ0v) is 8.85. The third-order valence-corrected chi connectivity index (χ3v) is 1.86. The van der Waals surface area contributed by atoms with Crippen LogP contribution in [0.4, 0.5) is 0 Å². The molecule has 0 aliphatic heterocycles. The summed E-state index contributed by atoms with van der Waals surface area (Å²) in [7, 11) is 0. The highest BCUT2D eigenvalue weighted by Crippen LogP contribution is 2.07. The first-order chi connectivity index (χ1) is 5.43. The van der Waals surface area contributed by atoms with Crippen molar-refractivity contribution in [3.8, 4) is 0 Å². The number of carbonyl (C=O) groups is 1. The fourth-order valence-electron chi connectivity index (χ4n) is 1.22. The number of hydrogen-bond donors (Lipinski definition) is 1. The summed E-state index contributed by atoms with van der Waals surface area (Å²) in [6.45, 7) is 10.1. The van der Waals surface area contributed by atoms with E-state index in [4.69, 9.17) is 0 Å². The number of nitrogens with one attached hydrogen (secondary N) is 1. The minimum Gasteiger partial charge on any atom is -0.311 e. The van der Waals surface area contributed by atoms with Gasteiger partial charge in [0.2, 0.25) is 0 Å². The first-order valence-electron chi connectivity index (χ1n) is 4.69. The Hall–Kier alpha value is -0.370. The van der Waals surface area contributed by atoms with Crippen molar-refractivity contribution in [2.24, 2.45) is 5.92 Å². The van der Waals surface area contributed by atoms with Crippen LogP contribution in [-0.4, -0.2) is 17.9 Å². The second-order valence-electron chi connectivity index (χ2n) is 4.08. The molecule has 0 saturated carbocycles. The van der Waals surface area contributed by atoms with E-state index in [9.17, 15) is 4.79 Å². The summed E-state index contributed by atoms with van der Waals surface area (Å²) >= 11 is 0. The summed E-state index contributed by atoms with van der Waals surface area (Å²) in [4.78, 5) is 10.9. The molecular formula is C10H21NO. The van der Waals surface area contributed by atoms with Gasteiger partial charge in [-0.2, -0.15) is 0 Å². The molecule has 2 nitrogen and oxygen atoms in total. The quantitative estimate of drug-likeness (QED) is 0.685. The predicted molar refractivity (Wildman–Crippen MR) is 52.2 cm³/mol. The van der Waals surface area contributed by atoms with Crippen molar-refractivity contribution in [3.05, 3.63) is 0 Å². The summed E-state index contributed by atoms with van der Waals surface area (Å²) in [6, 6.07) is 0.791. The summed E-state index contributed by atoms with van der Waals surface area (Å²) in [5, 5.41) is 3.39. The molecule has 1 N–H and O–H groups in total. The van der Waals surface area contributed by atoms with Gasteiger partial charge in [-0.05, 0) is 12.8 Å². The monoisotopic (exact) mass is 171 g/mol. The van der Waals surface area contributed by atoms with Gasteiger partial charge >= 0.3 is 0 Å². The lowest BCUT2D eigenvalue weighted by Crippen LogP contribution is -2.39. The van der Waals surface area contributed by atoms with E-state index >= 15 is 0 Å². The van der Waals surface area contributed by atoms with Gasteiger partial charge in [-0.1, -0.05) is 27.7 Å². The molecule has 0 aromatic heterocycles. The van der Waals surface area contributed by atoms with Crippen molar-refractivity contribution in [1.29, 1.82) is 0 Å². The lowest BCUT2D eigenvalue weighted by molar-refractivity contribution is -0.117. The normalized spacial score (nSPS) is 13.9. The van der Waals surface area contributed by atoms with Crippen LogP contribution in [0.1, 0.15) is 41.0 Å². The van der Waals surface area contributed by atoms with Gasteiger partial charge < -0.3 is 5.32 Å². The van der Waals surface area contributed by atoms with E-state index in [0.717, 1.165) is 0 Å². The highest BCUT2D eigenvalue weighted by Gasteiger charge is 2.15. The first kappa shape index (κ1) is 11.6. The molecule has 0 aromatic carbocycles. The molecule has 0 saturated heterocycles. The Morgan fingerprint density at radius 3 is 2.00 bits per heavy atom. The first-order valence-corrected chi connectivity index (χ1v) is 4.69. The van der Waals surface area contributed by atoms with E-state index in [1.54, 1.807) is 6.92 Å². The van der Waals surface area contributed by atoms with Gasteiger partial charge in [0, 0.05) is 18.5 Å². The maximum atomic E-state index is 10.9. The molecule has 0 heterocycles. The molecule has 72 valence electrons. The molecule has 0 amide bonds. The number of rotatable bonds is 5. The zero-order chi connectivity index (χ0) is 9.72. The third-order valence-electron chi connectivity index (χ3n) is 1.86. The van der Waals surface area contributed by atoms with E-state index in [-0.39, 0.29) is 5.78 Å². The lowest BCUT2D eigenvalue weighted by atomic mass is 9.98. The van der Waals surface area contributed by atoms with E-state index in [1.165, 1.54) is 0 Å². The summed E-state index contributed by atoms with van der Waals surface area (Å²) < 4.78 is 0. The Kier molecular flexibility index (Phi) is 5.14. The highest BCUT2D eigenvalue weighted by molar-refractivity contribution is 5.76. The molecule has 0 fully saturated rings. The van der Waals surface area contributed by atoms with Gasteiger partial charge in [0.15, 0.2) is 0 Å².